The number of hydrogen-bond acceptors (Lipinski definition) is 3. The molecule has 2 N–H and O–H groups in total. The smallest absolute Gasteiger partial charge is 0.130 e. The summed E-state index contributed by atoms with van der Waals surface area (Å²) in [4.78, 5) is 6.72. The molecular formula is C11H15FN2O. The summed E-state index contributed by atoms with van der Waals surface area (Å²) in [7, 11) is 0. The van der Waals surface area contributed by atoms with E-state index < -0.39 is 0 Å². The molecule has 2 rings (SSSR count). The van der Waals surface area contributed by atoms with Gasteiger partial charge in [0, 0.05) is 24.3 Å². The molecule has 4 heteroatoms. The van der Waals surface area contributed by atoms with Crippen LogP contribution in [0.3, 0.4) is 0 Å². The van der Waals surface area contributed by atoms with E-state index in [0.717, 1.165) is 18.8 Å². The van der Waals surface area contributed by atoms with Gasteiger partial charge in [-0.25, -0.2) is 10.3 Å². The van der Waals surface area contributed by atoms with Gasteiger partial charge in [-0.2, -0.15) is 0 Å². The van der Waals surface area contributed by atoms with E-state index in [0.29, 0.717) is 5.56 Å². The molecular weight excluding hydrogens is 195 g/mol. The molecule has 0 atom stereocenters. The highest BCUT2D eigenvalue weighted by molar-refractivity contribution is 5.54. The van der Waals surface area contributed by atoms with E-state index >= 15 is 0 Å². The number of halogens is 1. The molecule has 3 nitrogen and oxygen atoms in total. The maximum atomic E-state index is 13.5. The second-order valence-corrected chi connectivity index (χ2v) is 3.74. The standard InChI is InChI=1S/C11H15FN2O/c12-10-4-3-5-11(9(10)8-15-13)14-6-1-2-7-14/h3-5H,1-2,6-8,13H2. The summed E-state index contributed by atoms with van der Waals surface area (Å²) >= 11 is 0. The topological polar surface area (TPSA) is 38.5 Å². The van der Waals surface area contributed by atoms with Gasteiger partial charge in [-0.15, -0.1) is 0 Å². The molecule has 1 fully saturated rings. The number of rotatable bonds is 3. The van der Waals surface area contributed by atoms with E-state index in [1.807, 2.05) is 6.07 Å². The van der Waals surface area contributed by atoms with Gasteiger partial charge in [-0.05, 0) is 25.0 Å². The summed E-state index contributed by atoms with van der Waals surface area (Å²) in [6.45, 7) is 2.10. The first kappa shape index (κ1) is 10.4. The second-order valence-electron chi connectivity index (χ2n) is 3.74. The molecule has 0 spiro atoms. The van der Waals surface area contributed by atoms with E-state index in [1.54, 1.807) is 6.07 Å². The highest BCUT2D eigenvalue weighted by atomic mass is 19.1. The van der Waals surface area contributed by atoms with Crippen LogP contribution < -0.4 is 10.8 Å². The number of nitrogens with zero attached hydrogens (tertiary/aromatic N) is 1. The summed E-state index contributed by atoms with van der Waals surface area (Å²) in [5.41, 5.74) is 1.47. The van der Waals surface area contributed by atoms with Crippen LogP contribution in [0.1, 0.15) is 18.4 Å². The Morgan fingerprint density at radius 1 is 1.33 bits per heavy atom. The van der Waals surface area contributed by atoms with Crippen LogP contribution in [-0.2, 0) is 11.4 Å². The van der Waals surface area contributed by atoms with E-state index in [1.165, 1.54) is 18.9 Å². The highest BCUT2D eigenvalue weighted by Gasteiger charge is 2.17. The molecule has 1 heterocycles. The molecule has 0 amide bonds. The summed E-state index contributed by atoms with van der Waals surface area (Å²) in [5, 5.41) is 0. The third-order valence-electron chi connectivity index (χ3n) is 2.77. The van der Waals surface area contributed by atoms with Crippen molar-refractivity contribution in [2.45, 2.75) is 19.4 Å². The van der Waals surface area contributed by atoms with Crippen molar-refractivity contribution in [2.75, 3.05) is 18.0 Å². The van der Waals surface area contributed by atoms with Crippen LogP contribution in [0.25, 0.3) is 0 Å². The van der Waals surface area contributed by atoms with Gasteiger partial charge in [-0.1, -0.05) is 6.07 Å². The summed E-state index contributed by atoms with van der Waals surface area (Å²) in [6, 6.07) is 5.08. The number of benzene rings is 1. The largest absolute Gasteiger partial charge is 0.371 e. The summed E-state index contributed by atoms with van der Waals surface area (Å²) in [6.07, 6.45) is 2.33. The molecule has 0 unspecified atom stereocenters. The second kappa shape index (κ2) is 4.59. The van der Waals surface area contributed by atoms with Gasteiger partial charge in [0.15, 0.2) is 0 Å². The molecule has 0 aromatic heterocycles. The molecule has 0 radical (unpaired) electrons. The van der Waals surface area contributed by atoms with E-state index in [9.17, 15) is 4.39 Å². The van der Waals surface area contributed by atoms with Crippen LogP contribution >= 0.6 is 0 Å². The lowest BCUT2D eigenvalue weighted by molar-refractivity contribution is 0.122. The zero-order valence-electron chi connectivity index (χ0n) is 8.58. The minimum Gasteiger partial charge on any atom is -0.371 e. The van der Waals surface area contributed by atoms with Crippen molar-refractivity contribution < 1.29 is 9.23 Å². The van der Waals surface area contributed by atoms with Crippen LogP contribution in [-0.4, -0.2) is 13.1 Å². The molecule has 0 aliphatic carbocycles. The first-order valence-corrected chi connectivity index (χ1v) is 5.17. The Morgan fingerprint density at radius 3 is 2.73 bits per heavy atom. The van der Waals surface area contributed by atoms with Gasteiger partial charge in [-0.3, -0.25) is 4.84 Å². The Labute approximate surface area is 88.6 Å². The Hall–Kier alpha value is -1.13. The first-order chi connectivity index (χ1) is 7.33. The van der Waals surface area contributed by atoms with Crippen molar-refractivity contribution in [3.63, 3.8) is 0 Å². The quantitative estimate of drug-likeness (QED) is 0.773. The van der Waals surface area contributed by atoms with Crippen molar-refractivity contribution in [1.29, 1.82) is 0 Å². The third kappa shape index (κ3) is 2.11. The highest BCUT2D eigenvalue weighted by Crippen LogP contribution is 2.26. The third-order valence-corrected chi connectivity index (χ3v) is 2.77. The molecule has 0 saturated carbocycles. The van der Waals surface area contributed by atoms with Gasteiger partial charge >= 0.3 is 0 Å². The van der Waals surface area contributed by atoms with Crippen LogP contribution in [0.5, 0.6) is 0 Å². The molecule has 15 heavy (non-hydrogen) atoms. The van der Waals surface area contributed by atoms with Crippen molar-refractivity contribution in [3.8, 4) is 0 Å². The fraction of sp³-hybridized carbons (Fsp3) is 0.455. The van der Waals surface area contributed by atoms with Crippen molar-refractivity contribution in [2.24, 2.45) is 5.90 Å². The first-order valence-electron chi connectivity index (χ1n) is 5.17. The van der Waals surface area contributed by atoms with Gasteiger partial charge in [0.05, 0.1) is 6.61 Å². The minimum atomic E-state index is -0.246. The Morgan fingerprint density at radius 2 is 2.07 bits per heavy atom. The number of hydrogen-bond donors (Lipinski definition) is 1. The van der Waals surface area contributed by atoms with Gasteiger partial charge < -0.3 is 4.90 Å². The van der Waals surface area contributed by atoms with E-state index in [2.05, 4.69) is 9.74 Å². The maximum absolute atomic E-state index is 13.5. The van der Waals surface area contributed by atoms with E-state index in [-0.39, 0.29) is 12.4 Å². The molecule has 1 aromatic carbocycles. The predicted molar refractivity (Wildman–Crippen MR) is 56.8 cm³/mol. The lowest BCUT2D eigenvalue weighted by Crippen LogP contribution is -2.20. The van der Waals surface area contributed by atoms with Gasteiger partial charge in [0.25, 0.3) is 0 Å². The summed E-state index contributed by atoms with van der Waals surface area (Å²) in [5.74, 6) is 4.77. The van der Waals surface area contributed by atoms with Gasteiger partial charge in [0.1, 0.15) is 5.82 Å². The van der Waals surface area contributed by atoms with E-state index in [4.69, 9.17) is 5.90 Å². The van der Waals surface area contributed by atoms with Crippen molar-refractivity contribution in [1.82, 2.24) is 0 Å². The average molecular weight is 210 g/mol. The monoisotopic (exact) mass is 210 g/mol. The molecule has 1 aliphatic rings. The molecule has 82 valence electrons. The molecule has 1 aliphatic heterocycles. The zero-order valence-corrected chi connectivity index (χ0v) is 8.58. The Kier molecular flexibility index (Phi) is 3.18. The fourth-order valence-corrected chi connectivity index (χ4v) is 2.03. The zero-order chi connectivity index (χ0) is 10.7. The lowest BCUT2D eigenvalue weighted by Gasteiger charge is -2.21. The number of anilines is 1. The predicted octanol–water partition coefficient (Wildman–Crippen LogP) is 1.82. The van der Waals surface area contributed by atoms with Crippen LogP contribution in [0.15, 0.2) is 18.2 Å². The SMILES string of the molecule is NOCc1c(F)cccc1N1CCCC1. The fourth-order valence-electron chi connectivity index (χ4n) is 2.03. The molecule has 1 aromatic rings. The Bertz CT molecular complexity index is 337. The lowest BCUT2D eigenvalue weighted by atomic mass is 10.1. The van der Waals surface area contributed by atoms with Crippen molar-refractivity contribution in [3.05, 3.63) is 29.6 Å². The van der Waals surface area contributed by atoms with Gasteiger partial charge in [0.2, 0.25) is 0 Å². The van der Waals surface area contributed by atoms with Crippen LogP contribution in [0.4, 0.5) is 10.1 Å². The molecule has 1 saturated heterocycles. The van der Waals surface area contributed by atoms with Crippen LogP contribution in [0, 0.1) is 5.82 Å². The van der Waals surface area contributed by atoms with Crippen molar-refractivity contribution >= 4 is 5.69 Å². The number of nitrogens with two attached hydrogens (primary N) is 1. The summed E-state index contributed by atoms with van der Waals surface area (Å²) < 4.78 is 13.5. The van der Waals surface area contributed by atoms with Crippen LogP contribution in [0.2, 0.25) is 0 Å². The minimum absolute atomic E-state index is 0.124. The average Bonchev–Trinajstić information content (AvgIpc) is 2.74. The Balaban J connectivity index is 2.31. The maximum Gasteiger partial charge on any atom is 0.130 e. The normalized spacial score (nSPS) is 16.0. The molecule has 0 bridgehead atoms.